The number of aliphatic hydroxyl groups excluding tert-OH is 1. The first-order valence-electron chi connectivity index (χ1n) is 5.52. The number of halogens is 1. The van der Waals surface area contributed by atoms with Gasteiger partial charge in [-0.05, 0) is 19.1 Å². The Morgan fingerprint density at radius 3 is 2.89 bits per heavy atom. The van der Waals surface area contributed by atoms with Crippen molar-refractivity contribution in [1.29, 1.82) is 0 Å². The number of β-amino-alcohol motifs (C(OH)–C–C–N with tert-alkyl or cyclic N) is 1. The van der Waals surface area contributed by atoms with E-state index in [0.717, 1.165) is 0 Å². The van der Waals surface area contributed by atoms with Crippen LogP contribution in [0.1, 0.15) is 5.56 Å². The van der Waals surface area contributed by atoms with Crippen LogP contribution in [-0.2, 0) is 9.59 Å². The lowest BCUT2D eigenvalue weighted by atomic mass is 10.0. The molecule has 6 heteroatoms. The van der Waals surface area contributed by atoms with Crippen molar-refractivity contribution in [3.05, 3.63) is 29.6 Å². The van der Waals surface area contributed by atoms with Gasteiger partial charge in [-0.25, -0.2) is 4.39 Å². The molecule has 1 heterocycles. The average Bonchev–Trinajstić information content (AvgIpc) is 2.65. The van der Waals surface area contributed by atoms with Crippen molar-refractivity contribution in [2.75, 3.05) is 11.9 Å². The molecule has 0 aliphatic carbocycles. The predicted octanol–water partition coefficient (Wildman–Crippen LogP) is 0.180. The third-order valence-corrected chi connectivity index (χ3v) is 2.96. The second kappa shape index (κ2) is 4.73. The highest BCUT2D eigenvalue weighted by molar-refractivity contribution is 6.08. The summed E-state index contributed by atoms with van der Waals surface area (Å²) in [6, 6.07) is 4.28. The Kier molecular flexibility index (Phi) is 3.29. The van der Waals surface area contributed by atoms with Crippen LogP contribution in [-0.4, -0.2) is 29.6 Å². The topological polar surface area (TPSA) is 78.4 Å². The predicted molar refractivity (Wildman–Crippen MR) is 62.3 cm³/mol. The molecule has 1 aliphatic rings. The number of carbonyl (C=O) groups excluding carboxylic acids is 2. The molecule has 5 nitrogen and oxygen atoms in total. The second-order valence-corrected chi connectivity index (χ2v) is 4.19. The monoisotopic (exact) mass is 252 g/mol. The molecule has 2 rings (SSSR count). The third-order valence-electron chi connectivity index (χ3n) is 2.96. The minimum absolute atomic E-state index is 0.0546. The van der Waals surface area contributed by atoms with Gasteiger partial charge in [-0.2, -0.15) is 0 Å². The van der Waals surface area contributed by atoms with E-state index in [0.29, 0.717) is 11.3 Å². The van der Waals surface area contributed by atoms with E-state index in [1.54, 1.807) is 0 Å². The van der Waals surface area contributed by atoms with Gasteiger partial charge in [0, 0.05) is 17.8 Å². The highest BCUT2D eigenvalue weighted by Crippen LogP contribution is 2.20. The van der Waals surface area contributed by atoms with Gasteiger partial charge in [0.1, 0.15) is 11.7 Å². The smallest absolute Gasteiger partial charge is 0.239 e. The number of benzene rings is 1. The first-order valence-corrected chi connectivity index (χ1v) is 5.52. The molecule has 0 spiro atoms. The van der Waals surface area contributed by atoms with Crippen molar-refractivity contribution >= 4 is 17.5 Å². The highest BCUT2D eigenvalue weighted by Gasteiger charge is 2.39. The summed E-state index contributed by atoms with van der Waals surface area (Å²) in [5.41, 5.74) is 0.589. The van der Waals surface area contributed by atoms with Crippen molar-refractivity contribution in [3.63, 3.8) is 0 Å². The lowest BCUT2D eigenvalue weighted by molar-refractivity contribution is -0.132. The van der Waals surface area contributed by atoms with Crippen LogP contribution in [0.3, 0.4) is 0 Å². The summed E-state index contributed by atoms with van der Waals surface area (Å²) < 4.78 is 13.3. The van der Waals surface area contributed by atoms with Crippen LogP contribution < -0.4 is 10.6 Å². The van der Waals surface area contributed by atoms with Gasteiger partial charge in [-0.15, -0.1) is 0 Å². The van der Waals surface area contributed by atoms with Gasteiger partial charge in [0.2, 0.25) is 11.8 Å². The fraction of sp³-hybridized carbons (Fsp3) is 0.333. The zero-order valence-electron chi connectivity index (χ0n) is 9.74. The van der Waals surface area contributed by atoms with Crippen molar-refractivity contribution in [2.45, 2.75) is 13.0 Å². The molecule has 0 saturated carbocycles. The number of anilines is 1. The highest BCUT2D eigenvalue weighted by atomic mass is 19.1. The van der Waals surface area contributed by atoms with E-state index in [1.807, 2.05) is 0 Å². The van der Waals surface area contributed by atoms with Crippen LogP contribution in [0.15, 0.2) is 18.2 Å². The molecule has 1 aliphatic heterocycles. The van der Waals surface area contributed by atoms with Gasteiger partial charge < -0.3 is 15.7 Å². The molecule has 1 aromatic carbocycles. The Balaban J connectivity index is 2.16. The van der Waals surface area contributed by atoms with E-state index < -0.39 is 29.7 Å². The number of amides is 2. The van der Waals surface area contributed by atoms with Crippen molar-refractivity contribution < 1.29 is 19.1 Å². The molecule has 1 fully saturated rings. The standard InChI is InChI=1S/C12H13FN2O3/c1-6-7(13)3-2-4-8(6)15-12(18)10-9(16)5-14-11(10)17/h2-4,9-10,16H,5H2,1H3,(H,14,17)(H,15,18). The Bertz CT molecular complexity index is 504. The number of hydrogen-bond acceptors (Lipinski definition) is 3. The maximum atomic E-state index is 13.3. The summed E-state index contributed by atoms with van der Waals surface area (Å²) in [6.45, 7) is 1.58. The van der Waals surface area contributed by atoms with E-state index >= 15 is 0 Å². The molecule has 0 bridgehead atoms. The summed E-state index contributed by atoms with van der Waals surface area (Å²) in [5.74, 6) is -2.74. The van der Waals surface area contributed by atoms with E-state index in [1.165, 1.54) is 25.1 Å². The molecule has 3 N–H and O–H groups in total. The Labute approximate surface area is 103 Å². The molecule has 2 amide bonds. The Hall–Kier alpha value is -1.95. The number of hydrogen-bond donors (Lipinski definition) is 3. The second-order valence-electron chi connectivity index (χ2n) is 4.19. The van der Waals surface area contributed by atoms with Gasteiger partial charge in [0.25, 0.3) is 0 Å². The average molecular weight is 252 g/mol. The summed E-state index contributed by atoms with van der Waals surface area (Å²) >= 11 is 0. The van der Waals surface area contributed by atoms with Crippen LogP contribution in [0.5, 0.6) is 0 Å². The van der Waals surface area contributed by atoms with E-state index in [4.69, 9.17) is 0 Å². The van der Waals surface area contributed by atoms with Crippen LogP contribution in [0, 0.1) is 18.7 Å². The zero-order chi connectivity index (χ0) is 13.3. The molecule has 96 valence electrons. The zero-order valence-corrected chi connectivity index (χ0v) is 9.74. The first kappa shape index (κ1) is 12.5. The van der Waals surface area contributed by atoms with Crippen molar-refractivity contribution in [2.24, 2.45) is 5.92 Å². The third kappa shape index (κ3) is 2.19. The minimum atomic E-state index is -1.15. The van der Waals surface area contributed by atoms with Crippen LogP contribution in [0.2, 0.25) is 0 Å². The lowest BCUT2D eigenvalue weighted by Crippen LogP contribution is -2.35. The first-order chi connectivity index (χ1) is 8.50. The minimum Gasteiger partial charge on any atom is -0.390 e. The largest absolute Gasteiger partial charge is 0.390 e. The van der Waals surface area contributed by atoms with E-state index in [9.17, 15) is 19.1 Å². The summed E-state index contributed by atoms with van der Waals surface area (Å²) in [6.07, 6.45) is -1.05. The summed E-state index contributed by atoms with van der Waals surface area (Å²) in [4.78, 5) is 23.2. The SMILES string of the molecule is Cc1c(F)cccc1NC(=O)C1C(=O)NCC1O. The van der Waals surface area contributed by atoms with Gasteiger partial charge >= 0.3 is 0 Å². The van der Waals surface area contributed by atoms with Crippen LogP contribution in [0.4, 0.5) is 10.1 Å². The van der Waals surface area contributed by atoms with Gasteiger partial charge in [-0.1, -0.05) is 6.07 Å². The number of aliphatic hydroxyl groups is 1. The molecule has 1 saturated heterocycles. The molecule has 0 aromatic heterocycles. The van der Waals surface area contributed by atoms with Crippen molar-refractivity contribution in [3.8, 4) is 0 Å². The van der Waals surface area contributed by atoms with Gasteiger partial charge in [0.05, 0.1) is 6.10 Å². The Morgan fingerprint density at radius 1 is 1.56 bits per heavy atom. The Morgan fingerprint density at radius 2 is 2.28 bits per heavy atom. The summed E-state index contributed by atoms with van der Waals surface area (Å²) in [7, 11) is 0. The number of carbonyl (C=O) groups is 2. The van der Waals surface area contributed by atoms with Crippen LogP contribution >= 0.6 is 0 Å². The maximum Gasteiger partial charge on any atom is 0.239 e. The van der Waals surface area contributed by atoms with Gasteiger partial charge in [0.15, 0.2) is 0 Å². The lowest BCUT2D eigenvalue weighted by Gasteiger charge is -2.13. The molecular weight excluding hydrogens is 239 g/mol. The maximum absolute atomic E-state index is 13.3. The summed E-state index contributed by atoms with van der Waals surface area (Å²) in [5, 5.41) is 14.4. The molecule has 18 heavy (non-hydrogen) atoms. The fourth-order valence-electron chi connectivity index (χ4n) is 1.85. The molecule has 2 atom stereocenters. The normalized spacial score (nSPS) is 22.7. The number of rotatable bonds is 2. The number of nitrogens with one attached hydrogen (secondary N) is 2. The van der Waals surface area contributed by atoms with Gasteiger partial charge in [-0.3, -0.25) is 9.59 Å². The van der Waals surface area contributed by atoms with Crippen molar-refractivity contribution in [1.82, 2.24) is 5.32 Å². The van der Waals surface area contributed by atoms with E-state index in [2.05, 4.69) is 10.6 Å². The molecule has 0 radical (unpaired) electrons. The molecular formula is C12H13FN2O3. The van der Waals surface area contributed by atoms with E-state index in [-0.39, 0.29) is 6.54 Å². The van der Waals surface area contributed by atoms with Crippen LogP contribution in [0.25, 0.3) is 0 Å². The molecule has 1 aromatic rings. The fourth-order valence-corrected chi connectivity index (χ4v) is 1.85. The molecule has 2 unspecified atom stereocenters. The quantitative estimate of drug-likeness (QED) is 0.657.